The maximum atomic E-state index is 11.4. The second-order valence-electron chi connectivity index (χ2n) is 3.35. The number of nitrogens with zero attached hydrogens (tertiary/aromatic N) is 1. The van der Waals surface area contributed by atoms with Crippen LogP contribution in [0, 0.1) is 10.1 Å². The van der Waals surface area contributed by atoms with Crippen LogP contribution in [0.1, 0.15) is 0 Å². The minimum Gasteiger partial charge on any atom is -0.508 e. The van der Waals surface area contributed by atoms with Crippen molar-refractivity contribution >= 4 is 17.3 Å². The van der Waals surface area contributed by atoms with Crippen molar-refractivity contribution in [1.29, 1.82) is 0 Å². The number of anilines is 1. The fraction of sp³-hybridized carbons (Fsp3) is 0.300. The average molecular weight is 255 g/mol. The third-order valence-corrected chi connectivity index (χ3v) is 1.95. The summed E-state index contributed by atoms with van der Waals surface area (Å²) < 4.78 is 4.88. The molecule has 1 aromatic carbocycles. The van der Waals surface area contributed by atoms with Crippen LogP contribution >= 0.6 is 0 Å². The van der Waals surface area contributed by atoms with Crippen LogP contribution in [-0.4, -0.2) is 35.7 Å². The van der Waals surface area contributed by atoms with Crippen LogP contribution in [0.3, 0.4) is 0 Å². The lowest BCUT2D eigenvalue weighted by Crippen LogP contribution is -2.21. The molecule has 0 aliphatic rings. The molecule has 0 fully saturated rings. The second-order valence-corrected chi connectivity index (χ2v) is 3.35. The van der Waals surface area contributed by atoms with E-state index in [2.05, 4.69) is 5.32 Å². The smallest absolute Gasteiger partial charge is 0.296 e. The van der Waals surface area contributed by atoms with Gasteiger partial charge in [0.15, 0.2) is 0 Å². The molecule has 0 unspecified atom stereocenters. The molecular formula is C10H13N3O5. The maximum Gasteiger partial charge on any atom is 0.296 e. The van der Waals surface area contributed by atoms with Crippen LogP contribution in [0.25, 0.3) is 0 Å². The number of hydrogen-bond donors (Lipinski definition) is 3. The Morgan fingerprint density at radius 2 is 2.28 bits per heavy atom. The van der Waals surface area contributed by atoms with Crippen LogP contribution in [0.15, 0.2) is 18.2 Å². The fourth-order valence-corrected chi connectivity index (χ4v) is 1.21. The van der Waals surface area contributed by atoms with E-state index in [4.69, 9.17) is 15.6 Å². The highest BCUT2D eigenvalue weighted by atomic mass is 16.6. The number of phenols is 1. The number of carbonyl (C=O) groups excluding carboxylic acids is 1. The first-order valence-electron chi connectivity index (χ1n) is 5.09. The Morgan fingerprint density at radius 3 is 2.89 bits per heavy atom. The molecule has 0 radical (unpaired) electrons. The van der Waals surface area contributed by atoms with Gasteiger partial charge in [0, 0.05) is 6.54 Å². The zero-order chi connectivity index (χ0) is 13.5. The third-order valence-electron chi connectivity index (χ3n) is 1.95. The summed E-state index contributed by atoms with van der Waals surface area (Å²) in [5.74, 6) is -0.781. The summed E-state index contributed by atoms with van der Waals surface area (Å²) in [7, 11) is 0. The van der Waals surface area contributed by atoms with E-state index in [-0.39, 0.29) is 36.9 Å². The molecule has 4 N–H and O–H groups in total. The van der Waals surface area contributed by atoms with Crippen LogP contribution < -0.4 is 11.1 Å². The lowest BCUT2D eigenvalue weighted by Gasteiger charge is -2.06. The molecule has 1 rings (SSSR count). The van der Waals surface area contributed by atoms with E-state index < -0.39 is 10.8 Å². The third kappa shape index (κ3) is 4.00. The van der Waals surface area contributed by atoms with Gasteiger partial charge in [0.1, 0.15) is 18.0 Å². The predicted octanol–water partition coefficient (Wildman–Crippen LogP) is 0.214. The highest BCUT2D eigenvalue weighted by molar-refractivity contribution is 5.94. The zero-order valence-corrected chi connectivity index (χ0v) is 9.46. The summed E-state index contributed by atoms with van der Waals surface area (Å²) >= 11 is 0. The van der Waals surface area contributed by atoms with Crippen molar-refractivity contribution in [1.82, 2.24) is 0 Å². The Kier molecular flexibility index (Phi) is 5.03. The van der Waals surface area contributed by atoms with Gasteiger partial charge in [0.2, 0.25) is 0 Å². The van der Waals surface area contributed by atoms with E-state index in [1.807, 2.05) is 0 Å². The summed E-state index contributed by atoms with van der Waals surface area (Å²) in [4.78, 5) is 21.4. The van der Waals surface area contributed by atoms with Gasteiger partial charge in [0.25, 0.3) is 11.6 Å². The number of benzene rings is 1. The lowest BCUT2D eigenvalue weighted by molar-refractivity contribution is -0.384. The number of amides is 1. The average Bonchev–Trinajstić information content (AvgIpc) is 2.31. The summed E-state index contributed by atoms with van der Waals surface area (Å²) in [6.07, 6.45) is 0. The van der Waals surface area contributed by atoms with Crippen molar-refractivity contribution in [3.63, 3.8) is 0 Å². The first-order valence-corrected chi connectivity index (χ1v) is 5.09. The minimum absolute atomic E-state index is 0.000788. The highest BCUT2D eigenvalue weighted by Gasteiger charge is 2.16. The molecule has 0 bridgehead atoms. The van der Waals surface area contributed by atoms with Gasteiger partial charge in [-0.2, -0.15) is 0 Å². The van der Waals surface area contributed by atoms with Gasteiger partial charge >= 0.3 is 0 Å². The molecular weight excluding hydrogens is 242 g/mol. The van der Waals surface area contributed by atoms with Crippen LogP contribution in [0.5, 0.6) is 5.75 Å². The van der Waals surface area contributed by atoms with E-state index in [1.54, 1.807) is 0 Å². The van der Waals surface area contributed by atoms with Gasteiger partial charge in [-0.25, -0.2) is 0 Å². The topological polar surface area (TPSA) is 128 Å². The molecule has 0 saturated carbocycles. The van der Waals surface area contributed by atoms with E-state index >= 15 is 0 Å². The van der Waals surface area contributed by atoms with Gasteiger partial charge in [-0.3, -0.25) is 14.9 Å². The molecule has 0 heterocycles. The van der Waals surface area contributed by atoms with Gasteiger partial charge in [0.05, 0.1) is 17.6 Å². The second kappa shape index (κ2) is 6.52. The number of phenolic OH excluding ortho intramolecular Hbond substituents is 1. The summed E-state index contributed by atoms with van der Waals surface area (Å²) in [5, 5.41) is 22.2. The van der Waals surface area contributed by atoms with Crippen molar-refractivity contribution < 1.29 is 19.6 Å². The number of aromatic hydroxyl groups is 1. The van der Waals surface area contributed by atoms with Gasteiger partial charge in [-0.15, -0.1) is 0 Å². The predicted molar refractivity (Wildman–Crippen MR) is 63.3 cm³/mol. The van der Waals surface area contributed by atoms with Crippen LogP contribution in [0.2, 0.25) is 0 Å². The summed E-state index contributed by atoms with van der Waals surface area (Å²) in [6.45, 7) is 0.271. The number of rotatable bonds is 6. The molecule has 1 aromatic rings. The molecule has 0 aliphatic heterocycles. The van der Waals surface area contributed by atoms with E-state index in [0.717, 1.165) is 6.07 Å². The Bertz CT molecular complexity index is 449. The van der Waals surface area contributed by atoms with Gasteiger partial charge in [-0.05, 0) is 12.1 Å². The van der Waals surface area contributed by atoms with Crippen molar-refractivity contribution in [2.24, 2.45) is 5.73 Å². The Balaban J connectivity index is 2.72. The molecule has 0 aliphatic carbocycles. The molecule has 8 nitrogen and oxygen atoms in total. The normalized spacial score (nSPS) is 10.1. The first-order chi connectivity index (χ1) is 8.54. The molecule has 0 atom stereocenters. The minimum atomic E-state index is -0.698. The van der Waals surface area contributed by atoms with Crippen LogP contribution in [-0.2, 0) is 9.53 Å². The number of nitrogens with two attached hydrogens (primary N) is 1. The van der Waals surface area contributed by atoms with Crippen molar-refractivity contribution in [2.75, 3.05) is 25.1 Å². The van der Waals surface area contributed by atoms with Crippen molar-refractivity contribution in [3.05, 3.63) is 28.3 Å². The number of nitrogens with one attached hydrogen (secondary N) is 1. The number of ether oxygens (including phenoxy) is 1. The maximum absolute atomic E-state index is 11.4. The lowest BCUT2D eigenvalue weighted by atomic mass is 10.2. The standard InChI is InChI=1S/C10H13N3O5/c11-3-4-18-6-10(15)12-8-2-1-7(14)5-9(8)13(16)17/h1-2,5,14H,3-4,6,11H2,(H,12,15). The number of carbonyl (C=O) groups is 1. The molecule has 0 spiro atoms. The highest BCUT2D eigenvalue weighted by Crippen LogP contribution is 2.28. The molecule has 8 heteroatoms. The Morgan fingerprint density at radius 1 is 1.56 bits per heavy atom. The number of nitro benzene ring substituents is 1. The Hall–Kier alpha value is -2.19. The fourth-order valence-electron chi connectivity index (χ4n) is 1.21. The van der Waals surface area contributed by atoms with Crippen molar-refractivity contribution in [2.45, 2.75) is 0 Å². The van der Waals surface area contributed by atoms with Crippen LogP contribution in [0.4, 0.5) is 11.4 Å². The van der Waals surface area contributed by atoms with E-state index in [1.165, 1.54) is 12.1 Å². The molecule has 1 amide bonds. The van der Waals surface area contributed by atoms with Gasteiger partial charge in [-0.1, -0.05) is 0 Å². The van der Waals surface area contributed by atoms with E-state index in [0.29, 0.717) is 0 Å². The molecule has 0 aromatic heterocycles. The SMILES string of the molecule is NCCOCC(=O)Nc1ccc(O)cc1[N+](=O)[O-]. The molecule has 98 valence electrons. The summed E-state index contributed by atoms with van der Waals surface area (Å²) in [5.41, 5.74) is 4.79. The zero-order valence-electron chi connectivity index (χ0n) is 9.46. The summed E-state index contributed by atoms with van der Waals surface area (Å²) in [6, 6.07) is 3.44. The Labute approximate surface area is 103 Å². The van der Waals surface area contributed by atoms with E-state index in [9.17, 15) is 14.9 Å². The molecule has 18 heavy (non-hydrogen) atoms. The number of nitro groups is 1. The van der Waals surface area contributed by atoms with Crippen molar-refractivity contribution in [3.8, 4) is 5.75 Å². The monoisotopic (exact) mass is 255 g/mol. The van der Waals surface area contributed by atoms with Gasteiger partial charge < -0.3 is 20.9 Å². The largest absolute Gasteiger partial charge is 0.508 e. The quantitative estimate of drug-likeness (QED) is 0.288. The molecule has 0 saturated heterocycles. The first kappa shape index (κ1) is 13.9. The number of hydrogen-bond acceptors (Lipinski definition) is 6.